The topological polar surface area (TPSA) is 62.4 Å². The normalized spacial score (nSPS) is 19.6. The van der Waals surface area contributed by atoms with Gasteiger partial charge in [0, 0.05) is 36.5 Å². The standard InChI is InChI=1S/C17H20N2O3/c1-11-7-16(20)19(10-11)15(17(21)22-2)8-12-9-18-14-6-4-3-5-13(12)14/h3-6,9,11,15,18H,7-8,10H2,1-2H3. The highest BCUT2D eigenvalue weighted by Crippen LogP contribution is 2.25. The lowest BCUT2D eigenvalue weighted by molar-refractivity contribution is -0.151. The zero-order valence-corrected chi connectivity index (χ0v) is 12.8. The van der Waals surface area contributed by atoms with Crippen molar-refractivity contribution in [2.45, 2.75) is 25.8 Å². The summed E-state index contributed by atoms with van der Waals surface area (Å²) in [6.07, 6.45) is 2.88. The van der Waals surface area contributed by atoms with Crippen molar-refractivity contribution in [1.82, 2.24) is 9.88 Å². The molecule has 0 spiro atoms. The number of carbonyl (C=O) groups is 2. The van der Waals surface area contributed by atoms with E-state index in [9.17, 15) is 9.59 Å². The van der Waals surface area contributed by atoms with Crippen LogP contribution >= 0.6 is 0 Å². The summed E-state index contributed by atoms with van der Waals surface area (Å²) < 4.78 is 4.93. The van der Waals surface area contributed by atoms with Gasteiger partial charge in [0.2, 0.25) is 5.91 Å². The van der Waals surface area contributed by atoms with Crippen LogP contribution in [0.15, 0.2) is 30.5 Å². The average Bonchev–Trinajstić information content (AvgIpc) is 3.07. The Morgan fingerprint density at radius 2 is 2.23 bits per heavy atom. The molecule has 0 aliphatic carbocycles. The third-order valence-corrected chi connectivity index (χ3v) is 4.29. The number of likely N-dealkylation sites (tertiary alicyclic amines) is 1. The minimum absolute atomic E-state index is 0.0303. The van der Waals surface area contributed by atoms with Crippen LogP contribution in [0.1, 0.15) is 18.9 Å². The van der Waals surface area contributed by atoms with Gasteiger partial charge < -0.3 is 14.6 Å². The van der Waals surface area contributed by atoms with Crippen LogP contribution in [-0.4, -0.2) is 41.5 Å². The summed E-state index contributed by atoms with van der Waals surface area (Å²) in [7, 11) is 1.37. The summed E-state index contributed by atoms with van der Waals surface area (Å²) in [6, 6.07) is 7.39. The molecule has 1 saturated heterocycles. The Kier molecular flexibility index (Phi) is 3.88. The number of hydrogen-bond donors (Lipinski definition) is 1. The largest absolute Gasteiger partial charge is 0.467 e. The van der Waals surface area contributed by atoms with E-state index in [2.05, 4.69) is 4.98 Å². The van der Waals surface area contributed by atoms with Crippen molar-refractivity contribution < 1.29 is 14.3 Å². The fraction of sp³-hybridized carbons (Fsp3) is 0.412. The summed E-state index contributed by atoms with van der Waals surface area (Å²) in [4.78, 5) is 29.2. The number of carbonyl (C=O) groups excluding carboxylic acids is 2. The highest BCUT2D eigenvalue weighted by atomic mass is 16.5. The van der Waals surface area contributed by atoms with Crippen molar-refractivity contribution >= 4 is 22.8 Å². The minimum atomic E-state index is -0.554. The van der Waals surface area contributed by atoms with Gasteiger partial charge in [0.1, 0.15) is 6.04 Å². The number of H-pyrrole nitrogens is 1. The van der Waals surface area contributed by atoms with Crippen molar-refractivity contribution in [3.63, 3.8) is 0 Å². The number of aromatic amines is 1. The number of aromatic nitrogens is 1. The fourth-order valence-electron chi connectivity index (χ4n) is 3.18. The molecule has 1 aromatic heterocycles. The van der Waals surface area contributed by atoms with Crippen molar-refractivity contribution in [2.75, 3.05) is 13.7 Å². The summed E-state index contributed by atoms with van der Waals surface area (Å²) >= 11 is 0. The maximum Gasteiger partial charge on any atom is 0.328 e. The van der Waals surface area contributed by atoms with Gasteiger partial charge in [-0.05, 0) is 17.5 Å². The highest BCUT2D eigenvalue weighted by molar-refractivity contribution is 5.88. The van der Waals surface area contributed by atoms with Gasteiger partial charge >= 0.3 is 5.97 Å². The molecule has 0 bridgehead atoms. The van der Waals surface area contributed by atoms with Crippen LogP contribution in [0.4, 0.5) is 0 Å². The SMILES string of the molecule is COC(=O)C(Cc1c[nH]c2ccccc12)N1CC(C)CC1=O. The molecule has 2 heterocycles. The maximum absolute atomic E-state index is 12.2. The lowest BCUT2D eigenvalue weighted by Crippen LogP contribution is -2.44. The van der Waals surface area contributed by atoms with E-state index in [4.69, 9.17) is 4.74 Å². The minimum Gasteiger partial charge on any atom is -0.467 e. The first-order valence-corrected chi connectivity index (χ1v) is 7.52. The van der Waals surface area contributed by atoms with E-state index in [1.165, 1.54) is 7.11 Å². The van der Waals surface area contributed by atoms with Crippen LogP contribution in [0.3, 0.4) is 0 Å². The Morgan fingerprint density at radius 1 is 1.45 bits per heavy atom. The molecule has 5 nitrogen and oxygen atoms in total. The summed E-state index contributed by atoms with van der Waals surface area (Å²) in [6.45, 7) is 2.64. The van der Waals surface area contributed by atoms with Gasteiger partial charge in [0.15, 0.2) is 0 Å². The maximum atomic E-state index is 12.2. The van der Waals surface area contributed by atoms with E-state index in [0.29, 0.717) is 19.4 Å². The molecule has 1 aromatic carbocycles. The molecule has 1 N–H and O–H groups in total. The summed E-state index contributed by atoms with van der Waals surface area (Å²) in [5.41, 5.74) is 2.06. The molecule has 0 radical (unpaired) electrons. The number of para-hydroxylation sites is 1. The van der Waals surface area contributed by atoms with Crippen molar-refractivity contribution in [3.8, 4) is 0 Å². The number of rotatable bonds is 4. The molecule has 116 valence electrons. The molecule has 1 aliphatic heterocycles. The molecular weight excluding hydrogens is 280 g/mol. The fourth-order valence-corrected chi connectivity index (χ4v) is 3.18. The van der Waals surface area contributed by atoms with Gasteiger partial charge in [-0.15, -0.1) is 0 Å². The highest BCUT2D eigenvalue weighted by Gasteiger charge is 2.36. The zero-order valence-electron chi connectivity index (χ0n) is 12.8. The molecule has 22 heavy (non-hydrogen) atoms. The predicted molar refractivity (Wildman–Crippen MR) is 83.3 cm³/mol. The van der Waals surface area contributed by atoms with Gasteiger partial charge in [-0.1, -0.05) is 25.1 Å². The molecule has 5 heteroatoms. The first-order valence-electron chi connectivity index (χ1n) is 7.52. The monoisotopic (exact) mass is 300 g/mol. The second-order valence-corrected chi connectivity index (χ2v) is 5.96. The number of benzene rings is 1. The van der Waals surface area contributed by atoms with Crippen molar-refractivity contribution in [3.05, 3.63) is 36.0 Å². The van der Waals surface area contributed by atoms with Crippen molar-refractivity contribution in [1.29, 1.82) is 0 Å². The lowest BCUT2D eigenvalue weighted by Gasteiger charge is -2.25. The number of esters is 1. The van der Waals surface area contributed by atoms with E-state index >= 15 is 0 Å². The first-order chi connectivity index (χ1) is 10.6. The number of fused-ring (bicyclic) bond motifs is 1. The molecule has 3 rings (SSSR count). The van der Waals surface area contributed by atoms with E-state index < -0.39 is 6.04 Å². The van der Waals surface area contributed by atoms with Gasteiger partial charge in [-0.25, -0.2) is 4.79 Å². The Balaban J connectivity index is 1.90. The Hall–Kier alpha value is -2.30. The summed E-state index contributed by atoms with van der Waals surface area (Å²) in [5.74, 6) is -0.0434. The van der Waals surface area contributed by atoms with Crippen LogP contribution in [-0.2, 0) is 20.7 Å². The van der Waals surface area contributed by atoms with Gasteiger partial charge in [-0.2, -0.15) is 0 Å². The van der Waals surface area contributed by atoms with E-state index in [-0.39, 0.29) is 17.8 Å². The molecule has 1 amide bonds. The number of hydrogen-bond acceptors (Lipinski definition) is 3. The molecule has 0 saturated carbocycles. The van der Waals surface area contributed by atoms with Crippen LogP contribution in [0.2, 0.25) is 0 Å². The van der Waals surface area contributed by atoms with E-state index in [0.717, 1.165) is 16.5 Å². The third kappa shape index (κ3) is 2.58. The number of amides is 1. The van der Waals surface area contributed by atoms with Gasteiger partial charge in [0.25, 0.3) is 0 Å². The molecule has 2 aromatic rings. The Bertz CT molecular complexity index is 707. The summed E-state index contributed by atoms with van der Waals surface area (Å²) in [5, 5.41) is 1.08. The average molecular weight is 300 g/mol. The second-order valence-electron chi connectivity index (χ2n) is 5.96. The molecular formula is C17H20N2O3. The molecule has 1 fully saturated rings. The molecule has 1 aliphatic rings. The Labute approximate surface area is 129 Å². The number of nitrogens with zero attached hydrogens (tertiary/aromatic N) is 1. The zero-order chi connectivity index (χ0) is 15.7. The third-order valence-electron chi connectivity index (χ3n) is 4.29. The first kappa shape index (κ1) is 14.6. The molecule has 2 atom stereocenters. The lowest BCUT2D eigenvalue weighted by atomic mass is 10.0. The quantitative estimate of drug-likeness (QED) is 0.880. The van der Waals surface area contributed by atoms with Crippen LogP contribution in [0.5, 0.6) is 0 Å². The van der Waals surface area contributed by atoms with Gasteiger partial charge in [0.05, 0.1) is 7.11 Å². The van der Waals surface area contributed by atoms with Crippen LogP contribution < -0.4 is 0 Å². The van der Waals surface area contributed by atoms with E-state index in [1.54, 1.807) is 4.90 Å². The van der Waals surface area contributed by atoms with Gasteiger partial charge in [-0.3, -0.25) is 4.79 Å². The number of ether oxygens (including phenoxy) is 1. The van der Waals surface area contributed by atoms with Crippen LogP contribution in [0, 0.1) is 5.92 Å². The van der Waals surface area contributed by atoms with Crippen molar-refractivity contribution in [2.24, 2.45) is 5.92 Å². The number of nitrogens with one attached hydrogen (secondary N) is 1. The second kappa shape index (κ2) is 5.83. The predicted octanol–water partition coefficient (Wildman–Crippen LogP) is 2.12. The smallest absolute Gasteiger partial charge is 0.328 e. The van der Waals surface area contributed by atoms with Crippen LogP contribution in [0.25, 0.3) is 10.9 Å². The van der Waals surface area contributed by atoms with E-state index in [1.807, 2.05) is 37.4 Å². The molecule has 2 unspecified atom stereocenters. The number of methoxy groups -OCH3 is 1. The Morgan fingerprint density at radius 3 is 2.91 bits per heavy atom.